The number of carboxylic acid groups (broad SMARTS) is 3. The first-order chi connectivity index (χ1) is 16.2. The summed E-state index contributed by atoms with van der Waals surface area (Å²) in [5, 5.41) is 32.7. The van der Waals surface area contributed by atoms with Crippen LogP contribution in [0.25, 0.3) is 0 Å². The van der Waals surface area contributed by atoms with Gasteiger partial charge in [-0.1, -0.05) is 65.0 Å². The highest BCUT2D eigenvalue weighted by atomic mass is 16.4. The number of nitrogens with zero attached hydrogens (tertiary/aromatic N) is 1. The second-order valence-corrected chi connectivity index (χ2v) is 9.46. The van der Waals surface area contributed by atoms with Gasteiger partial charge in [-0.15, -0.1) is 0 Å². The SMILES string of the molecule is C/C=C/CCCCCCCCC[N+](C(CCC)C(=O)[O-])(C(CCC)C(=O)O)C(CCC)C(=O)O. The van der Waals surface area contributed by atoms with Crippen LogP contribution in [0.15, 0.2) is 12.2 Å². The fraction of sp³-hybridized carbons (Fsp3) is 0.815. The fourth-order valence-corrected chi connectivity index (χ4v) is 5.33. The number of carbonyl (C=O) groups excluding carboxylic acids is 1. The minimum atomic E-state index is -1.34. The Bertz CT molecular complexity index is 558. The lowest BCUT2D eigenvalue weighted by Crippen LogP contribution is -2.74. The van der Waals surface area contributed by atoms with Crippen molar-refractivity contribution in [2.75, 3.05) is 6.54 Å². The first-order valence-electron chi connectivity index (χ1n) is 13.4. The van der Waals surface area contributed by atoms with Gasteiger partial charge in [-0.3, -0.25) is 4.48 Å². The molecule has 0 rings (SSSR count). The lowest BCUT2D eigenvalue weighted by atomic mass is 9.91. The van der Waals surface area contributed by atoms with Crippen LogP contribution in [-0.4, -0.2) is 57.3 Å². The monoisotopic (exact) mass is 483 g/mol. The Morgan fingerprint density at radius 3 is 1.53 bits per heavy atom. The average molecular weight is 484 g/mol. The van der Waals surface area contributed by atoms with E-state index in [9.17, 15) is 29.7 Å². The number of quaternary nitrogens is 1. The summed E-state index contributed by atoms with van der Waals surface area (Å²) in [6.45, 7) is 7.80. The summed E-state index contributed by atoms with van der Waals surface area (Å²) in [6.07, 6.45) is 14.6. The van der Waals surface area contributed by atoms with Crippen molar-refractivity contribution in [3.05, 3.63) is 12.2 Å². The summed E-state index contributed by atoms with van der Waals surface area (Å²) in [6, 6.07) is -3.32. The van der Waals surface area contributed by atoms with E-state index in [1.165, 1.54) is 12.8 Å². The molecule has 0 radical (unpaired) electrons. The minimum absolute atomic E-state index is 0.204. The highest BCUT2D eigenvalue weighted by Gasteiger charge is 2.54. The van der Waals surface area contributed by atoms with E-state index in [-0.39, 0.29) is 25.8 Å². The fourth-order valence-electron chi connectivity index (χ4n) is 5.33. The number of carbonyl (C=O) groups is 3. The van der Waals surface area contributed by atoms with Crippen LogP contribution >= 0.6 is 0 Å². The molecule has 0 aromatic carbocycles. The smallest absolute Gasteiger partial charge is 0.362 e. The lowest BCUT2D eigenvalue weighted by Gasteiger charge is -2.52. The topological polar surface area (TPSA) is 115 Å². The van der Waals surface area contributed by atoms with E-state index in [1.807, 2.05) is 27.7 Å². The number of carboxylic acids is 3. The van der Waals surface area contributed by atoms with Crippen molar-refractivity contribution >= 4 is 17.9 Å². The zero-order valence-corrected chi connectivity index (χ0v) is 22.0. The van der Waals surface area contributed by atoms with Crippen LogP contribution in [0.3, 0.4) is 0 Å². The van der Waals surface area contributed by atoms with Gasteiger partial charge in [0, 0.05) is 19.3 Å². The third kappa shape index (κ3) is 10.2. The molecule has 0 spiro atoms. The summed E-state index contributed by atoms with van der Waals surface area (Å²) >= 11 is 0. The van der Waals surface area contributed by atoms with E-state index >= 15 is 0 Å². The van der Waals surface area contributed by atoms with E-state index in [1.54, 1.807) is 0 Å². The van der Waals surface area contributed by atoms with Crippen LogP contribution in [0, 0.1) is 0 Å². The number of allylic oxidation sites excluding steroid dienone is 2. The molecule has 2 N–H and O–H groups in total. The second-order valence-electron chi connectivity index (χ2n) is 9.46. The van der Waals surface area contributed by atoms with Gasteiger partial charge in [0.05, 0.1) is 12.5 Å². The molecule has 3 atom stereocenters. The summed E-state index contributed by atoms with van der Waals surface area (Å²) in [7, 11) is 0. The Morgan fingerprint density at radius 1 is 0.735 bits per heavy atom. The molecular formula is C27H49NO6. The van der Waals surface area contributed by atoms with Crippen LogP contribution in [0.2, 0.25) is 0 Å². The summed E-state index contributed by atoms with van der Waals surface area (Å²) < 4.78 is -0.439. The van der Waals surface area contributed by atoms with Gasteiger partial charge in [0.2, 0.25) is 0 Å². The highest BCUT2D eigenvalue weighted by Crippen LogP contribution is 2.34. The van der Waals surface area contributed by atoms with E-state index < -0.39 is 40.5 Å². The number of hydrogen-bond acceptors (Lipinski definition) is 4. The van der Waals surface area contributed by atoms with Gasteiger partial charge in [0.1, 0.15) is 6.04 Å². The number of aliphatic carboxylic acids is 3. The molecular weight excluding hydrogens is 434 g/mol. The van der Waals surface area contributed by atoms with Crippen molar-refractivity contribution in [2.24, 2.45) is 0 Å². The maximum atomic E-state index is 12.5. The van der Waals surface area contributed by atoms with Gasteiger partial charge in [-0.05, 0) is 45.4 Å². The first kappa shape index (κ1) is 32.1. The Balaban J connectivity index is 5.83. The predicted octanol–water partition coefficient (Wildman–Crippen LogP) is 4.93. The predicted molar refractivity (Wildman–Crippen MR) is 133 cm³/mol. The van der Waals surface area contributed by atoms with Gasteiger partial charge in [0.25, 0.3) is 0 Å². The van der Waals surface area contributed by atoms with Gasteiger partial charge in [-0.25, -0.2) is 9.59 Å². The first-order valence-corrected chi connectivity index (χ1v) is 13.4. The van der Waals surface area contributed by atoms with E-state index in [2.05, 4.69) is 12.2 Å². The number of hydrogen-bond donors (Lipinski definition) is 2. The maximum Gasteiger partial charge on any atom is 0.362 e. The Hall–Kier alpha value is -1.89. The summed E-state index contributed by atoms with van der Waals surface area (Å²) in [5.74, 6) is -3.58. The zero-order valence-electron chi connectivity index (χ0n) is 22.0. The molecule has 34 heavy (non-hydrogen) atoms. The molecule has 0 saturated carbocycles. The molecule has 0 aliphatic rings. The Kier molecular flexibility index (Phi) is 17.4. The minimum Gasteiger partial charge on any atom is -0.544 e. The molecule has 0 heterocycles. The third-order valence-corrected chi connectivity index (χ3v) is 6.92. The van der Waals surface area contributed by atoms with Crippen LogP contribution in [-0.2, 0) is 14.4 Å². The number of rotatable bonds is 22. The zero-order chi connectivity index (χ0) is 26.0. The van der Waals surface area contributed by atoms with Gasteiger partial charge >= 0.3 is 11.9 Å². The molecule has 7 nitrogen and oxygen atoms in total. The molecule has 0 aliphatic heterocycles. The molecule has 0 aliphatic carbocycles. The van der Waals surface area contributed by atoms with Crippen molar-refractivity contribution in [1.82, 2.24) is 0 Å². The molecule has 198 valence electrons. The summed E-state index contributed by atoms with van der Waals surface area (Å²) in [4.78, 5) is 37.3. The molecule has 0 saturated heterocycles. The number of unbranched alkanes of at least 4 members (excludes halogenated alkanes) is 7. The molecule has 7 heteroatoms. The normalized spacial score (nSPS) is 16.1. The average Bonchev–Trinajstić information content (AvgIpc) is 2.78. The van der Waals surface area contributed by atoms with Gasteiger partial charge in [-0.2, -0.15) is 0 Å². The molecule has 0 amide bonds. The van der Waals surface area contributed by atoms with Crippen LogP contribution in [0.1, 0.15) is 118 Å². The quantitative estimate of drug-likeness (QED) is 0.128. The largest absolute Gasteiger partial charge is 0.544 e. The molecule has 3 unspecified atom stereocenters. The van der Waals surface area contributed by atoms with Crippen LogP contribution in [0.4, 0.5) is 0 Å². The molecule has 0 fully saturated rings. The third-order valence-electron chi connectivity index (χ3n) is 6.92. The standard InChI is InChI=1S/C27H49NO6/c1-5-9-10-11-12-13-14-15-16-17-21-28(22(18-6-2)25(29)30,23(19-7-3)26(31)32)24(20-8-4)27(33)34/h5,9,22-24H,6-8,10-21H2,1-4H3,(H2-,29,30,31,32,33,34)/b9-5+. The van der Waals surface area contributed by atoms with Gasteiger partial charge < -0.3 is 20.1 Å². The Morgan fingerprint density at radius 2 is 1.15 bits per heavy atom. The van der Waals surface area contributed by atoms with Crippen molar-refractivity contribution < 1.29 is 34.2 Å². The molecule has 0 bridgehead atoms. The highest BCUT2D eigenvalue weighted by molar-refractivity contribution is 5.77. The molecule has 0 aromatic heterocycles. The van der Waals surface area contributed by atoms with Crippen molar-refractivity contribution in [2.45, 2.75) is 136 Å². The second kappa shape index (κ2) is 18.4. The van der Waals surface area contributed by atoms with E-state index in [0.29, 0.717) is 25.7 Å². The van der Waals surface area contributed by atoms with Crippen molar-refractivity contribution in [3.63, 3.8) is 0 Å². The lowest BCUT2D eigenvalue weighted by molar-refractivity contribution is -0.975. The summed E-state index contributed by atoms with van der Waals surface area (Å²) in [5.41, 5.74) is 0. The van der Waals surface area contributed by atoms with E-state index in [4.69, 9.17) is 0 Å². The molecule has 0 aromatic rings. The maximum absolute atomic E-state index is 12.5. The van der Waals surface area contributed by atoms with Crippen molar-refractivity contribution in [3.8, 4) is 0 Å². The van der Waals surface area contributed by atoms with Crippen LogP contribution in [0.5, 0.6) is 0 Å². The Labute approximate surface area is 206 Å². The van der Waals surface area contributed by atoms with Crippen molar-refractivity contribution in [1.29, 1.82) is 0 Å². The van der Waals surface area contributed by atoms with E-state index in [0.717, 1.165) is 32.1 Å². The van der Waals surface area contributed by atoms with Gasteiger partial charge in [0.15, 0.2) is 12.1 Å². The van der Waals surface area contributed by atoms with Crippen LogP contribution < -0.4 is 5.11 Å².